The molecule has 1 rings (SSSR count). The van der Waals surface area contributed by atoms with Gasteiger partial charge in [-0.2, -0.15) is 0 Å². The van der Waals surface area contributed by atoms with Crippen LogP contribution in [0.4, 0.5) is 5.69 Å². The third-order valence-electron chi connectivity index (χ3n) is 2.97. The molecular formula is C14H17NO6. The van der Waals surface area contributed by atoms with E-state index in [4.69, 9.17) is 9.47 Å². The maximum absolute atomic E-state index is 11.9. The lowest BCUT2D eigenvalue weighted by molar-refractivity contribution is -0.384. The lowest BCUT2D eigenvalue weighted by Crippen LogP contribution is -2.29. The Morgan fingerprint density at radius 3 is 2.29 bits per heavy atom. The lowest BCUT2D eigenvalue weighted by Gasteiger charge is -2.18. The fourth-order valence-corrected chi connectivity index (χ4v) is 1.52. The van der Waals surface area contributed by atoms with Gasteiger partial charge in [-0.1, -0.05) is 0 Å². The fraction of sp³-hybridized carbons (Fsp3) is 0.429. The molecule has 7 nitrogen and oxygen atoms in total. The van der Waals surface area contributed by atoms with Gasteiger partial charge < -0.3 is 9.47 Å². The number of nitrogens with zero attached hydrogens (tertiary/aromatic N) is 1. The summed E-state index contributed by atoms with van der Waals surface area (Å²) in [6, 6.07) is 5.05. The number of carbonyl (C=O) groups excluding carboxylic acids is 2. The number of nitro groups is 1. The summed E-state index contributed by atoms with van der Waals surface area (Å²) in [5, 5.41) is 10.5. The molecule has 0 amide bonds. The van der Waals surface area contributed by atoms with E-state index in [0.29, 0.717) is 0 Å². The molecule has 0 aliphatic heterocycles. The van der Waals surface area contributed by atoms with Gasteiger partial charge in [0, 0.05) is 12.1 Å². The molecule has 21 heavy (non-hydrogen) atoms. The molecule has 0 bridgehead atoms. The first-order valence-corrected chi connectivity index (χ1v) is 6.48. The van der Waals surface area contributed by atoms with Crippen LogP contribution in [0.3, 0.4) is 0 Å². The van der Waals surface area contributed by atoms with E-state index in [-0.39, 0.29) is 17.9 Å². The molecule has 0 saturated carbocycles. The normalized spacial score (nSPS) is 13.1. The van der Waals surface area contributed by atoms with E-state index in [1.807, 2.05) is 0 Å². The van der Waals surface area contributed by atoms with E-state index in [1.165, 1.54) is 24.3 Å². The number of nitro benzene ring substituents is 1. The van der Waals surface area contributed by atoms with Crippen LogP contribution in [0.5, 0.6) is 0 Å². The molecule has 114 valence electrons. The highest BCUT2D eigenvalue weighted by Gasteiger charge is 2.25. The number of hydrogen-bond donors (Lipinski definition) is 0. The van der Waals surface area contributed by atoms with Gasteiger partial charge in [-0.15, -0.1) is 0 Å². The smallest absolute Gasteiger partial charge is 0.338 e. The van der Waals surface area contributed by atoms with E-state index in [2.05, 4.69) is 0 Å². The number of ether oxygens (including phenoxy) is 2. The van der Waals surface area contributed by atoms with E-state index in [9.17, 15) is 19.7 Å². The summed E-state index contributed by atoms with van der Waals surface area (Å²) >= 11 is 0. The number of benzene rings is 1. The molecule has 0 spiro atoms. The second-order valence-electron chi connectivity index (χ2n) is 4.46. The van der Waals surface area contributed by atoms with Crippen molar-refractivity contribution < 1.29 is 24.0 Å². The molecule has 0 heterocycles. The molecule has 1 aromatic carbocycles. The summed E-state index contributed by atoms with van der Waals surface area (Å²) in [5.74, 6) is -1.68. The van der Waals surface area contributed by atoms with Gasteiger partial charge in [0.15, 0.2) is 0 Å². The summed E-state index contributed by atoms with van der Waals surface area (Å²) < 4.78 is 10.0. The number of non-ortho nitro benzene ring substituents is 1. The topological polar surface area (TPSA) is 95.7 Å². The van der Waals surface area contributed by atoms with Crippen molar-refractivity contribution in [2.24, 2.45) is 5.92 Å². The second-order valence-corrected chi connectivity index (χ2v) is 4.46. The quantitative estimate of drug-likeness (QED) is 0.454. The van der Waals surface area contributed by atoms with Gasteiger partial charge in [-0.3, -0.25) is 14.9 Å². The van der Waals surface area contributed by atoms with Crippen molar-refractivity contribution in [2.75, 3.05) is 6.61 Å². The molecule has 0 aromatic heterocycles. The minimum Gasteiger partial charge on any atom is -0.466 e. The van der Waals surface area contributed by atoms with Gasteiger partial charge in [0.2, 0.25) is 0 Å². The highest BCUT2D eigenvalue weighted by atomic mass is 16.6. The largest absolute Gasteiger partial charge is 0.466 e. The maximum Gasteiger partial charge on any atom is 0.338 e. The third kappa shape index (κ3) is 4.55. The van der Waals surface area contributed by atoms with Crippen LogP contribution in [0, 0.1) is 16.0 Å². The Morgan fingerprint density at radius 2 is 1.81 bits per heavy atom. The molecule has 0 unspecified atom stereocenters. The van der Waals surface area contributed by atoms with E-state index in [0.717, 1.165) is 0 Å². The van der Waals surface area contributed by atoms with Crippen LogP contribution in [-0.2, 0) is 14.3 Å². The van der Waals surface area contributed by atoms with Crippen LogP contribution in [0.15, 0.2) is 24.3 Å². The Labute approximate surface area is 122 Å². The Bertz CT molecular complexity index is 525. The molecule has 0 saturated heterocycles. The van der Waals surface area contributed by atoms with Crippen molar-refractivity contribution in [3.05, 3.63) is 39.9 Å². The molecule has 0 aliphatic rings. The average Bonchev–Trinajstić information content (AvgIpc) is 2.46. The number of hydrogen-bond acceptors (Lipinski definition) is 6. The predicted octanol–water partition coefficient (Wildman–Crippen LogP) is 2.34. The zero-order valence-corrected chi connectivity index (χ0v) is 12.1. The summed E-state index contributed by atoms with van der Waals surface area (Å²) in [6.07, 6.45) is -0.660. The molecule has 2 atom stereocenters. The highest BCUT2D eigenvalue weighted by molar-refractivity contribution is 5.90. The van der Waals surface area contributed by atoms with Crippen LogP contribution >= 0.6 is 0 Å². The lowest BCUT2D eigenvalue weighted by atomic mass is 10.1. The Balaban J connectivity index is 2.67. The predicted molar refractivity (Wildman–Crippen MR) is 73.8 cm³/mol. The SMILES string of the molecule is CCOC(=O)[C@@H](C)[C@@H](C)OC(=O)c1ccc([N+](=O)[O-])cc1. The first kappa shape index (κ1) is 16.6. The molecule has 7 heteroatoms. The van der Waals surface area contributed by atoms with E-state index >= 15 is 0 Å². The van der Waals surface area contributed by atoms with Crippen molar-refractivity contribution in [1.82, 2.24) is 0 Å². The van der Waals surface area contributed by atoms with Gasteiger partial charge >= 0.3 is 11.9 Å². The first-order chi connectivity index (χ1) is 9.86. The van der Waals surface area contributed by atoms with Gasteiger partial charge in [0.25, 0.3) is 5.69 Å². The minimum absolute atomic E-state index is 0.112. The van der Waals surface area contributed by atoms with Crippen LogP contribution in [0.25, 0.3) is 0 Å². The van der Waals surface area contributed by atoms with Crippen molar-refractivity contribution >= 4 is 17.6 Å². The number of esters is 2. The summed E-state index contributed by atoms with van der Waals surface area (Å²) in [7, 11) is 0. The Hall–Kier alpha value is -2.44. The standard InChI is InChI=1S/C14H17NO6/c1-4-20-13(16)9(2)10(3)21-14(17)11-5-7-12(8-6-11)15(18)19/h5-10H,4H2,1-3H3/t9-,10+/m0/s1. The van der Waals surface area contributed by atoms with Gasteiger partial charge in [0.1, 0.15) is 6.10 Å². The number of carbonyl (C=O) groups is 2. The summed E-state index contributed by atoms with van der Waals surface area (Å²) in [4.78, 5) is 33.4. The van der Waals surface area contributed by atoms with Gasteiger partial charge in [0.05, 0.1) is 23.0 Å². The zero-order valence-electron chi connectivity index (χ0n) is 12.1. The zero-order chi connectivity index (χ0) is 16.0. The Morgan fingerprint density at radius 1 is 1.24 bits per heavy atom. The van der Waals surface area contributed by atoms with Gasteiger partial charge in [-0.05, 0) is 32.9 Å². The molecular weight excluding hydrogens is 278 g/mol. The molecule has 0 N–H and O–H groups in total. The molecule has 0 fully saturated rings. The Kier molecular flexibility index (Phi) is 5.83. The van der Waals surface area contributed by atoms with Crippen LogP contribution in [-0.4, -0.2) is 29.6 Å². The van der Waals surface area contributed by atoms with Crippen molar-refractivity contribution in [2.45, 2.75) is 26.9 Å². The maximum atomic E-state index is 11.9. The fourth-order valence-electron chi connectivity index (χ4n) is 1.52. The van der Waals surface area contributed by atoms with Crippen molar-refractivity contribution in [1.29, 1.82) is 0 Å². The first-order valence-electron chi connectivity index (χ1n) is 6.48. The van der Waals surface area contributed by atoms with Crippen LogP contribution < -0.4 is 0 Å². The average molecular weight is 295 g/mol. The number of rotatable bonds is 6. The highest BCUT2D eigenvalue weighted by Crippen LogP contribution is 2.15. The minimum atomic E-state index is -0.660. The summed E-state index contributed by atoms with van der Waals surface area (Å²) in [5.41, 5.74) is 0.0722. The second kappa shape index (κ2) is 7.37. The van der Waals surface area contributed by atoms with Gasteiger partial charge in [-0.25, -0.2) is 4.79 Å². The van der Waals surface area contributed by atoms with E-state index < -0.39 is 28.9 Å². The van der Waals surface area contributed by atoms with E-state index in [1.54, 1.807) is 20.8 Å². The monoisotopic (exact) mass is 295 g/mol. The molecule has 1 aromatic rings. The summed E-state index contributed by atoms with van der Waals surface area (Å²) in [6.45, 7) is 5.14. The molecule has 0 radical (unpaired) electrons. The van der Waals surface area contributed by atoms with Crippen LogP contribution in [0.2, 0.25) is 0 Å². The van der Waals surface area contributed by atoms with Crippen molar-refractivity contribution in [3.8, 4) is 0 Å². The van der Waals surface area contributed by atoms with Crippen LogP contribution in [0.1, 0.15) is 31.1 Å². The third-order valence-corrected chi connectivity index (χ3v) is 2.97. The van der Waals surface area contributed by atoms with Crippen molar-refractivity contribution in [3.63, 3.8) is 0 Å². The molecule has 0 aliphatic carbocycles.